The zero-order valence-corrected chi connectivity index (χ0v) is 22.7. The number of hydrogen-bond acceptors (Lipinski definition) is 4. The van der Waals surface area contributed by atoms with E-state index in [1.807, 2.05) is 12.1 Å². The molecule has 31 heavy (non-hydrogen) atoms. The van der Waals surface area contributed by atoms with E-state index in [4.69, 9.17) is 4.74 Å². The molecule has 2 rings (SSSR count). The normalized spacial score (nSPS) is 11.2. The summed E-state index contributed by atoms with van der Waals surface area (Å²) in [5, 5.41) is 11.9. The van der Waals surface area contributed by atoms with E-state index < -0.39 is 20.8 Å². The zero-order chi connectivity index (χ0) is 21.8. The van der Waals surface area contributed by atoms with Gasteiger partial charge in [0.05, 0.1) is 0 Å². The van der Waals surface area contributed by atoms with Gasteiger partial charge in [-0.1, -0.05) is 101 Å². The summed E-state index contributed by atoms with van der Waals surface area (Å²) in [4.78, 5) is -0.723. The quantitative estimate of drug-likeness (QED) is 0.259. The van der Waals surface area contributed by atoms with Gasteiger partial charge in [-0.3, -0.25) is 4.55 Å². The van der Waals surface area contributed by atoms with Crippen molar-refractivity contribution in [3.05, 3.63) is 48.0 Å². The van der Waals surface area contributed by atoms with E-state index in [1.54, 1.807) is 12.1 Å². The second-order valence-corrected chi connectivity index (χ2v) is 9.06. The van der Waals surface area contributed by atoms with Gasteiger partial charge in [0.15, 0.2) is 0 Å². The van der Waals surface area contributed by atoms with Gasteiger partial charge in [-0.25, -0.2) is 0 Å². The average molecular weight is 473 g/mol. The van der Waals surface area contributed by atoms with Crippen molar-refractivity contribution >= 4 is 10.1 Å². The van der Waals surface area contributed by atoms with Crippen LogP contribution in [-0.2, 0) is 16.5 Å². The van der Waals surface area contributed by atoms with Gasteiger partial charge >= 0.3 is 51.4 Å². The van der Waals surface area contributed by atoms with E-state index in [9.17, 15) is 18.1 Å². The number of rotatable bonds is 14. The molecular formula is C24H33KO5S. The average Bonchev–Trinajstić information content (AvgIpc) is 2.69. The number of hydrogen-bond donors (Lipinski definition) is 1. The molecule has 0 amide bonds. The molecule has 0 aromatic heterocycles. The second kappa shape index (κ2) is 15.4. The first-order chi connectivity index (χ1) is 14.4. The van der Waals surface area contributed by atoms with Gasteiger partial charge in [-0.15, -0.1) is 0 Å². The fraction of sp³-hybridized carbons (Fsp3) is 0.500. The largest absolute Gasteiger partial charge is 1.00 e. The molecule has 0 aliphatic rings. The maximum Gasteiger partial charge on any atom is 1.00 e. The predicted molar refractivity (Wildman–Crippen MR) is 118 cm³/mol. The summed E-state index contributed by atoms with van der Waals surface area (Å²) in [7, 11) is -4.67. The molecule has 0 fully saturated rings. The monoisotopic (exact) mass is 472 g/mol. The molecule has 0 saturated heterocycles. The molecule has 2 aromatic rings. The Balaban J connectivity index is 0.00000480. The minimum Gasteiger partial charge on any atom is -0.871 e. The zero-order valence-electron chi connectivity index (χ0n) is 18.8. The molecular weight excluding hydrogens is 439 g/mol. The molecule has 5 nitrogen and oxygen atoms in total. The Hall–Kier alpha value is -0.414. The van der Waals surface area contributed by atoms with Gasteiger partial charge in [0.25, 0.3) is 10.1 Å². The van der Waals surface area contributed by atoms with Crippen molar-refractivity contribution < 1.29 is 74.2 Å². The Kier molecular flexibility index (Phi) is 14.2. The SMILES string of the molecule is CCCCCCCCCCCCc1ccccc1Oc1cccc([O-])c1S(=O)(=O)O.[K+]. The van der Waals surface area contributed by atoms with Gasteiger partial charge in [-0.2, -0.15) is 8.42 Å². The van der Waals surface area contributed by atoms with E-state index in [-0.39, 0.29) is 57.1 Å². The fourth-order valence-corrected chi connectivity index (χ4v) is 4.25. The third kappa shape index (κ3) is 10.4. The summed E-state index contributed by atoms with van der Waals surface area (Å²) in [5.74, 6) is -0.438. The molecule has 0 bridgehead atoms. The van der Waals surface area contributed by atoms with Crippen LogP contribution in [0.3, 0.4) is 0 Å². The summed E-state index contributed by atoms with van der Waals surface area (Å²) in [5.41, 5.74) is 0.953. The van der Waals surface area contributed by atoms with Crippen molar-refractivity contribution in [2.75, 3.05) is 0 Å². The van der Waals surface area contributed by atoms with E-state index in [0.717, 1.165) is 30.9 Å². The number of ether oxygens (including phenoxy) is 1. The van der Waals surface area contributed by atoms with Gasteiger partial charge in [-0.05, 0) is 30.5 Å². The first kappa shape index (κ1) is 28.6. The molecule has 0 aliphatic heterocycles. The van der Waals surface area contributed by atoms with Crippen LogP contribution in [0.1, 0.15) is 76.7 Å². The van der Waals surface area contributed by atoms with Crippen LogP contribution in [-0.4, -0.2) is 13.0 Å². The molecule has 0 aliphatic carbocycles. The summed E-state index contributed by atoms with van der Waals surface area (Å²) in [6.07, 6.45) is 13.4. The molecule has 0 saturated carbocycles. The molecule has 0 spiro atoms. The smallest absolute Gasteiger partial charge is 0.871 e. The number of benzene rings is 2. The van der Waals surface area contributed by atoms with Crippen LogP contribution >= 0.6 is 0 Å². The van der Waals surface area contributed by atoms with Gasteiger partial charge < -0.3 is 9.84 Å². The molecule has 7 heteroatoms. The minimum absolute atomic E-state index is 0. The summed E-state index contributed by atoms with van der Waals surface area (Å²) >= 11 is 0. The van der Waals surface area contributed by atoms with Crippen LogP contribution < -0.4 is 61.2 Å². The van der Waals surface area contributed by atoms with Crippen LogP contribution in [0.25, 0.3) is 0 Å². The molecule has 166 valence electrons. The molecule has 2 aromatic carbocycles. The maximum absolute atomic E-state index is 11.9. The molecule has 0 radical (unpaired) electrons. The summed E-state index contributed by atoms with van der Waals surface area (Å²) < 4.78 is 38.3. The van der Waals surface area contributed by atoms with Crippen LogP contribution in [0.4, 0.5) is 0 Å². The third-order valence-corrected chi connectivity index (χ3v) is 6.11. The van der Waals surface area contributed by atoms with E-state index in [2.05, 4.69) is 6.92 Å². The van der Waals surface area contributed by atoms with Crippen molar-refractivity contribution in [2.24, 2.45) is 0 Å². The topological polar surface area (TPSA) is 86.7 Å². The Bertz CT molecular complexity index is 883. The summed E-state index contributed by atoms with van der Waals surface area (Å²) in [6, 6.07) is 11.3. The van der Waals surface area contributed by atoms with Crippen molar-refractivity contribution in [3.63, 3.8) is 0 Å². The van der Waals surface area contributed by atoms with Crippen LogP contribution in [0.5, 0.6) is 17.2 Å². The Morgan fingerprint density at radius 2 is 1.35 bits per heavy atom. The number of para-hydroxylation sites is 1. The second-order valence-electron chi connectivity index (χ2n) is 7.70. The van der Waals surface area contributed by atoms with Gasteiger partial charge in [0.1, 0.15) is 16.4 Å². The summed E-state index contributed by atoms with van der Waals surface area (Å²) in [6.45, 7) is 2.23. The van der Waals surface area contributed by atoms with Crippen molar-refractivity contribution in [2.45, 2.75) is 82.4 Å². The van der Waals surface area contributed by atoms with E-state index in [0.29, 0.717) is 5.75 Å². The third-order valence-electron chi connectivity index (χ3n) is 5.19. The van der Waals surface area contributed by atoms with Crippen molar-refractivity contribution in [3.8, 4) is 17.2 Å². The van der Waals surface area contributed by atoms with Crippen molar-refractivity contribution in [1.82, 2.24) is 0 Å². The molecule has 1 N–H and O–H groups in total. The number of aryl methyl sites for hydroxylation is 1. The first-order valence-electron chi connectivity index (χ1n) is 11.0. The van der Waals surface area contributed by atoms with E-state index >= 15 is 0 Å². The Morgan fingerprint density at radius 3 is 1.97 bits per heavy atom. The first-order valence-corrected chi connectivity index (χ1v) is 12.4. The van der Waals surface area contributed by atoms with Crippen LogP contribution in [0, 0.1) is 0 Å². The molecule has 0 atom stereocenters. The predicted octanol–water partition coefficient (Wildman–Crippen LogP) is 3.27. The fourth-order valence-electron chi connectivity index (χ4n) is 3.56. The standard InChI is InChI=1S/C24H34O5S.K/c1-2-3-4-5-6-7-8-9-10-11-15-20-16-12-13-18-22(20)29-23-19-14-17-21(25)24(23)30(26,27)28;/h12-14,16-19,25H,2-11,15H2,1H3,(H,26,27,28);/q;+1/p-1. The van der Waals surface area contributed by atoms with E-state index in [1.165, 1.54) is 63.5 Å². The minimum atomic E-state index is -4.67. The van der Waals surface area contributed by atoms with Crippen LogP contribution in [0.15, 0.2) is 47.4 Å². The molecule has 0 heterocycles. The molecule has 0 unspecified atom stereocenters. The number of unbranched alkanes of at least 4 members (excludes halogenated alkanes) is 9. The van der Waals surface area contributed by atoms with Crippen LogP contribution in [0.2, 0.25) is 0 Å². The maximum atomic E-state index is 11.9. The Morgan fingerprint density at radius 1 is 0.806 bits per heavy atom. The van der Waals surface area contributed by atoms with Crippen molar-refractivity contribution in [1.29, 1.82) is 0 Å². The van der Waals surface area contributed by atoms with Gasteiger partial charge in [0, 0.05) is 0 Å². The Labute approximate surface area is 229 Å². The van der Waals surface area contributed by atoms with Gasteiger partial charge in [0.2, 0.25) is 0 Å².